The van der Waals surface area contributed by atoms with Gasteiger partial charge in [-0.05, 0) is 31.9 Å². The molecule has 1 atom stereocenters. The van der Waals surface area contributed by atoms with Crippen LogP contribution in [0.4, 0.5) is 0 Å². The van der Waals surface area contributed by atoms with E-state index in [9.17, 15) is 4.79 Å². The maximum absolute atomic E-state index is 10.9. The van der Waals surface area contributed by atoms with Crippen LogP contribution in [0.15, 0.2) is 18.3 Å². The number of primary amides is 1. The molecule has 0 aromatic carbocycles. The molecular weight excluding hydrogens is 230 g/mol. The normalized spacial score (nSPS) is 19.4. The van der Waals surface area contributed by atoms with E-state index in [0.29, 0.717) is 24.1 Å². The van der Waals surface area contributed by atoms with Gasteiger partial charge < -0.3 is 15.8 Å². The summed E-state index contributed by atoms with van der Waals surface area (Å²) in [6.07, 6.45) is 6.21. The molecule has 0 spiro atoms. The van der Waals surface area contributed by atoms with Gasteiger partial charge in [-0.1, -0.05) is 6.42 Å². The lowest BCUT2D eigenvalue weighted by Crippen LogP contribution is -2.35. The van der Waals surface area contributed by atoms with Crippen LogP contribution in [0.3, 0.4) is 0 Å². The van der Waals surface area contributed by atoms with Crippen LogP contribution in [-0.2, 0) is 0 Å². The number of nitrogens with one attached hydrogen (secondary N) is 1. The maximum atomic E-state index is 10.9. The highest BCUT2D eigenvalue weighted by Gasteiger charge is 2.12. The molecule has 5 heteroatoms. The molecule has 2 rings (SSSR count). The number of pyridine rings is 1. The van der Waals surface area contributed by atoms with Gasteiger partial charge in [0.15, 0.2) is 0 Å². The Morgan fingerprint density at radius 1 is 1.50 bits per heavy atom. The smallest absolute Gasteiger partial charge is 0.250 e. The van der Waals surface area contributed by atoms with Gasteiger partial charge in [0.1, 0.15) is 0 Å². The van der Waals surface area contributed by atoms with Crippen molar-refractivity contribution >= 4 is 5.91 Å². The number of rotatable bonds is 5. The molecule has 1 amide bonds. The summed E-state index contributed by atoms with van der Waals surface area (Å²) in [6, 6.07) is 3.86. The molecule has 2 heterocycles. The number of carbonyl (C=O) groups is 1. The topological polar surface area (TPSA) is 77.2 Å². The van der Waals surface area contributed by atoms with Crippen molar-refractivity contribution in [3.63, 3.8) is 0 Å². The SMILES string of the molecule is NC(=O)c1ccc(OCCC2CCCCN2)nc1. The van der Waals surface area contributed by atoms with E-state index in [1.807, 2.05) is 0 Å². The minimum absolute atomic E-state index is 0.399. The quantitative estimate of drug-likeness (QED) is 0.819. The summed E-state index contributed by atoms with van der Waals surface area (Å²) < 4.78 is 5.54. The van der Waals surface area contributed by atoms with E-state index in [1.165, 1.54) is 25.5 Å². The summed E-state index contributed by atoms with van der Waals surface area (Å²) in [4.78, 5) is 14.9. The third-order valence-electron chi connectivity index (χ3n) is 3.15. The van der Waals surface area contributed by atoms with Crippen molar-refractivity contribution in [1.29, 1.82) is 0 Å². The first-order chi connectivity index (χ1) is 8.75. The van der Waals surface area contributed by atoms with Crippen LogP contribution in [0.25, 0.3) is 0 Å². The van der Waals surface area contributed by atoms with Gasteiger partial charge in [-0.15, -0.1) is 0 Å². The van der Waals surface area contributed by atoms with Crippen LogP contribution in [0, 0.1) is 0 Å². The van der Waals surface area contributed by atoms with Crippen molar-refractivity contribution in [3.05, 3.63) is 23.9 Å². The summed E-state index contributed by atoms with van der Waals surface area (Å²) >= 11 is 0. The molecule has 1 aromatic heterocycles. The minimum atomic E-state index is -0.472. The van der Waals surface area contributed by atoms with E-state index in [0.717, 1.165) is 13.0 Å². The lowest BCUT2D eigenvalue weighted by Gasteiger charge is -2.23. The fourth-order valence-corrected chi connectivity index (χ4v) is 2.09. The number of nitrogens with two attached hydrogens (primary N) is 1. The molecule has 1 saturated heterocycles. The first kappa shape index (κ1) is 12.8. The standard InChI is InChI=1S/C13H19N3O2/c14-13(17)10-4-5-12(16-9-10)18-8-6-11-3-1-2-7-15-11/h4-5,9,11,15H,1-3,6-8H2,(H2,14,17). The molecule has 18 heavy (non-hydrogen) atoms. The lowest BCUT2D eigenvalue weighted by molar-refractivity contribution is 0.1000. The highest BCUT2D eigenvalue weighted by Crippen LogP contribution is 2.12. The number of hydrogen-bond donors (Lipinski definition) is 2. The summed E-state index contributed by atoms with van der Waals surface area (Å²) in [5, 5.41) is 3.47. The molecule has 1 aliphatic rings. The van der Waals surface area contributed by atoms with E-state index in [1.54, 1.807) is 12.1 Å². The lowest BCUT2D eigenvalue weighted by atomic mass is 10.0. The maximum Gasteiger partial charge on any atom is 0.250 e. The Morgan fingerprint density at radius 2 is 2.39 bits per heavy atom. The van der Waals surface area contributed by atoms with Gasteiger partial charge >= 0.3 is 0 Å². The van der Waals surface area contributed by atoms with Crippen molar-refractivity contribution in [1.82, 2.24) is 10.3 Å². The fraction of sp³-hybridized carbons (Fsp3) is 0.538. The van der Waals surface area contributed by atoms with Crippen LogP contribution in [0.1, 0.15) is 36.0 Å². The van der Waals surface area contributed by atoms with Gasteiger partial charge in [0, 0.05) is 18.3 Å². The molecule has 1 aliphatic heterocycles. The monoisotopic (exact) mass is 249 g/mol. The average Bonchev–Trinajstić information content (AvgIpc) is 2.40. The van der Waals surface area contributed by atoms with Gasteiger partial charge in [-0.3, -0.25) is 4.79 Å². The van der Waals surface area contributed by atoms with Crippen LogP contribution in [-0.4, -0.2) is 30.1 Å². The van der Waals surface area contributed by atoms with E-state index >= 15 is 0 Å². The molecule has 98 valence electrons. The van der Waals surface area contributed by atoms with Crippen LogP contribution in [0.5, 0.6) is 5.88 Å². The third-order valence-corrected chi connectivity index (χ3v) is 3.15. The van der Waals surface area contributed by atoms with Crippen molar-refractivity contribution < 1.29 is 9.53 Å². The van der Waals surface area contributed by atoms with Crippen molar-refractivity contribution in [3.8, 4) is 5.88 Å². The molecule has 0 bridgehead atoms. The number of carbonyl (C=O) groups excluding carboxylic acids is 1. The second-order valence-electron chi connectivity index (χ2n) is 4.53. The zero-order valence-corrected chi connectivity index (χ0v) is 10.4. The van der Waals surface area contributed by atoms with Gasteiger partial charge in [-0.2, -0.15) is 0 Å². The van der Waals surface area contributed by atoms with Gasteiger partial charge in [-0.25, -0.2) is 4.98 Å². The second-order valence-corrected chi connectivity index (χ2v) is 4.53. The van der Waals surface area contributed by atoms with Crippen LogP contribution < -0.4 is 15.8 Å². The number of nitrogens with zero attached hydrogens (tertiary/aromatic N) is 1. The van der Waals surface area contributed by atoms with E-state index in [4.69, 9.17) is 10.5 Å². The molecular formula is C13H19N3O2. The summed E-state index contributed by atoms with van der Waals surface area (Å²) in [5.74, 6) is 0.0660. The molecule has 0 radical (unpaired) electrons. The highest BCUT2D eigenvalue weighted by molar-refractivity contribution is 5.92. The summed E-state index contributed by atoms with van der Waals surface area (Å²) in [7, 11) is 0. The molecule has 5 nitrogen and oxygen atoms in total. The van der Waals surface area contributed by atoms with Gasteiger partial charge in [0.2, 0.25) is 11.8 Å². The molecule has 3 N–H and O–H groups in total. The molecule has 1 fully saturated rings. The number of hydrogen-bond acceptors (Lipinski definition) is 4. The molecule has 0 aliphatic carbocycles. The largest absolute Gasteiger partial charge is 0.478 e. The van der Waals surface area contributed by atoms with Crippen molar-refractivity contribution in [2.75, 3.05) is 13.2 Å². The predicted octanol–water partition coefficient (Wildman–Crippen LogP) is 1.09. The second kappa shape index (κ2) is 6.35. The fourth-order valence-electron chi connectivity index (χ4n) is 2.09. The Hall–Kier alpha value is -1.62. The average molecular weight is 249 g/mol. The van der Waals surface area contributed by atoms with E-state index in [2.05, 4.69) is 10.3 Å². The van der Waals surface area contributed by atoms with E-state index in [-0.39, 0.29) is 0 Å². The first-order valence-electron chi connectivity index (χ1n) is 6.38. The zero-order chi connectivity index (χ0) is 12.8. The number of ether oxygens (including phenoxy) is 1. The number of aromatic nitrogens is 1. The Kier molecular flexibility index (Phi) is 4.52. The Morgan fingerprint density at radius 3 is 3.00 bits per heavy atom. The summed E-state index contributed by atoms with van der Waals surface area (Å²) in [5.41, 5.74) is 5.53. The van der Waals surface area contributed by atoms with Gasteiger partial charge in [0.25, 0.3) is 0 Å². The summed E-state index contributed by atoms with van der Waals surface area (Å²) in [6.45, 7) is 1.75. The van der Waals surface area contributed by atoms with Crippen molar-refractivity contribution in [2.24, 2.45) is 5.73 Å². The van der Waals surface area contributed by atoms with Crippen molar-refractivity contribution in [2.45, 2.75) is 31.7 Å². The zero-order valence-electron chi connectivity index (χ0n) is 10.4. The van der Waals surface area contributed by atoms with Gasteiger partial charge in [0.05, 0.1) is 12.2 Å². The first-order valence-corrected chi connectivity index (χ1v) is 6.38. The van der Waals surface area contributed by atoms with Crippen LogP contribution >= 0.6 is 0 Å². The Balaban J connectivity index is 1.74. The third kappa shape index (κ3) is 3.70. The Labute approximate surface area is 107 Å². The minimum Gasteiger partial charge on any atom is -0.478 e. The number of piperidine rings is 1. The number of amides is 1. The highest BCUT2D eigenvalue weighted by atomic mass is 16.5. The molecule has 1 unspecified atom stereocenters. The van der Waals surface area contributed by atoms with E-state index < -0.39 is 5.91 Å². The molecule has 0 saturated carbocycles. The molecule has 1 aromatic rings. The van der Waals surface area contributed by atoms with Crippen LogP contribution in [0.2, 0.25) is 0 Å². The predicted molar refractivity (Wildman–Crippen MR) is 68.5 cm³/mol. The Bertz CT molecular complexity index is 386.